The molecule has 3 aliphatic heterocycles. The van der Waals surface area contributed by atoms with Gasteiger partial charge in [-0.1, -0.05) is 86.1 Å². The molecule has 0 radical (unpaired) electrons. The van der Waals surface area contributed by atoms with Crippen molar-refractivity contribution in [2.45, 2.75) is 127 Å². The number of aliphatic hydroxyl groups is 1. The maximum absolute atomic E-state index is 15.0. The third-order valence-corrected chi connectivity index (χ3v) is 11.2. The summed E-state index contributed by atoms with van der Waals surface area (Å²) in [6.45, 7) is 21.5. The van der Waals surface area contributed by atoms with Crippen LogP contribution in [0.3, 0.4) is 0 Å². The van der Waals surface area contributed by atoms with Crippen molar-refractivity contribution in [2.75, 3.05) is 13.2 Å². The molecular formula is C39H56BrN3O7. The fourth-order valence-electron chi connectivity index (χ4n) is 8.67. The van der Waals surface area contributed by atoms with Crippen LogP contribution in [0.5, 0.6) is 0 Å². The van der Waals surface area contributed by atoms with Crippen LogP contribution in [0.4, 0.5) is 0 Å². The Morgan fingerprint density at radius 3 is 2.40 bits per heavy atom. The summed E-state index contributed by atoms with van der Waals surface area (Å²) in [6.07, 6.45) is 3.93. The van der Waals surface area contributed by atoms with Crippen molar-refractivity contribution in [1.82, 2.24) is 15.1 Å². The lowest BCUT2D eigenvalue weighted by atomic mass is 9.70. The number of carbonyl (C=O) groups is 4. The molecule has 0 aliphatic carbocycles. The molecule has 0 aromatic heterocycles. The number of likely N-dealkylation sites (tertiary alicyclic amines) is 1. The van der Waals surface area contributed by atoms with E-state index < -0.39 is 65.2 Å². The Kier molecular flexibility index (Phi) is 12.5. The van der Waals surface area contributed by atoms with Crippen LogP contribution >= 0.6 is 15.9 Å². The quantitative estimate of drug-likeness (QED) is 0.130. The van der Waals surface area contributed by atoms with Gasteiger partial charge in [-0.25, -0.2) is 0 Å². The first kappa shape index (κ1) is 39.8. The minimum absolute atomic E-state index is 0.109. The van der Waals surface area contributed by atoms with Gasteiger partial charge >= 0.3 is 5.97 Å². The minimum Gasteiger partial charge on any atom is -0.455 e. The van der Waals surface area contributed by atoms with Crippen LogP contribution in [-0.2, 0) is 28.7 Å². The van der Waals surface area contributed by atoms with Crippen LogP contribution in [-0.4, -0.2) is 91.9 Å². The van der Waals surface area contributed by atoms with Crippen molar-refractivity contribution in [3.05, 3.63) is 61.2 Å². The van der Waals surface area contributed by atoms with Gasteiger partial charge in [0, 0.05) is 23.3 Å². The zero-order valence-corrected chi connectivity index (χ0v) is 32.3. The number of alkyl halides is 1. The number of ether oxygens (including phenoxy) is 2. The summed E-state index contributed by atoms with van der Waals surface area (Å²) in [6, 6.07) is 6.84. The Balaban J connectivity index is 1.76. The van der Waals surface area contributed by atoms with E-state index in [1.807, 2.05) is 51.1 Å². The molecule has 1 spiro atoms. The highest BCUT2D eigenvalue weighted by Crippen LogP contribution is 2.61. The van der Waals surface area contributed by atoms with Crippen LogP contribution < -0.4 is 5.32 Å². The Labute approximate surface area is 306 Å². The fraction of sp³-hybridized carbons (Fsp3) is 0.641. The second kappa shape index (κ2) is 15.7. The Hall–Kier alpha value is -3.02. The van der Waals surface area contributed by atoms with Crippen LogP contribution in [0.2, 0.25) is 0 Å². The highest BCUT2D eigenvalue weighted by molar-refractivity contribution is 9.09. The Morgan fingerprint density at radius 2 is 1.84 bits per heavy atom. The molecule has 3 amide bonds. The number of hydrogen-bond acceptors (Lipinski definition) is 7. The molecule has 2 bridgehead atoms. The Bertz CT molecular complexity index is 1420. The van der Waals surface area contributed by atoms with Crippen molar-refractivity contribution >= 4 is 39.6 Å². The van der Waals surface area contributed by atoms with Crippen molar-refractivity contribution in [1.29, 1.82) is 0 Å². The molecule has 1 aromatic carbocycles. The SMILES string of the molecule is C=CCCC(=O)N[C@H](C)[C@@H](OC(=O)[C@@H]1[C@H]2O[C@@]3(CC2Br)[C@H](C(=O)N(CC=C)C(C)(C)CC(C)(C)C)N([C@@H](CC)CO)C(=O)[C@@H]13)c1ccccc1. The average Bonchev–Trinajstić information content (AvgIpc) is 3.64. The summed E-state index contributed by atoms with van der Waals surface area (Å²) in [4.78, 5) is 59.9. The summed E-state index contributed by atoms with van der Waals surface area (Å²) in [5.74, 6) is -3.57. The van der Waals surface area contributed by atoms with Gasteiger partial charge in [0.25, 0.3) is 0 Å². The molecule has 1 unspecified atom stereocenters. The van der Waals surface area contributed by atoms with E-state index in [4.69, 9.17) is 9.47 Å². The molecule has 10 nitrogen and oxygen atoms in total. The van der Waals surface area contributed by atoms with E-state index in [2.05, 4.69) is 55.2 Å². The first-order valence-electron chi connectivity index (χ1n) is 17.8. The third kappa shape index (κ3) is 7.75. The molecule has 1 aromatic rings. The maximum Gasteiger partial charge on any atom is 0.313 e. The number of benzene rings is 1. The van der Waals surface area contributed by atoms with Gasteiger partial charge in [-0.3, -0.25) is 19.2 Å². The number of fused-ring (bicyclic) bond motifs is 1. The van der Waals surface area contributed by atoms with E-state index in [-0.39, 0.29) is 41.6 Å². The van der Waals surface area contributed by atoms with Gasteiger partial charge in [0.15, 0.2) is 0 Å². The van der Waals surface area contributed by atoms with Crippen molar-refractivity contribution < 1.29 is 33.8 Å². The number of allylic oxidation sites excluding steroid dienone is 1. The molecule has 3 heterocycles. The van der Waals surface area contributed by atoms with Gasteiger partial charge in [0.1, 0.15) is 17.7 Å². The van der Waals surface area contributed by atoms with Gasteiger partial charge < -0.3 is 29.7 Å². The fourth-order valence-corrected chi connectivity index (χ4v) is 9.61. The second-order valence-corrected chi connectivity index (χ2v) is 17.1. The summed E-state index contributed by atoms with van der Waals surface area (Å²) in [5.41, 5.74) is -1.37. The number of rotatable bonds is 16. The number of nitrogens with one attached hydrogen (secondary N) is 1. The standard InChI is InChI=1S/C39H56BrN3O7/c1-10-13-19-28(45)41-24(4)31(25-17-15-14-16-18-25)49-36(48)29-30-34(46)43(26(12-3)22-44)33(39(30)21-27(40)32(29)50-39)35(47)42(20-11-2)38(8,9)23-37(5,6)7/h10-11,14-18,24,26-27,29-33,44H,1-2,12-13,19-23H2,3-9H3,(H,41,45)/t24-,26+,27?,29+,30-,31-,32+,33+,39-/m1/s1. The molecule has 0 saturated carbocycles. The lowest BCUT2D eigenvalue weighted by molar-refractivity contribution is -0.163. The number of carbonyl (C=O) groups excluding carboxylic acids is 4. The van der Waals surface area contributed by atoms with Gasteiger partial charge in [0.05, 0.1) is 36.6 Å². The van der Waals surface area contributed by atoms with E-state index in [0.717, 1.165) is 0 Å². The smallest absolute Gasteiger partial charge is 0.313 e. The third-order valence-electron chi connectivity index (χ3n) is 10.4. The molecule has 3 aliphatic rings. The van der Waals surface area contributed by atoms with Gasteiger partial charge in [0.2, 0.25) is 17.7 Å². The van der Waals surface area contributed by atoms with Crippen molar-refractivity contribution in [3.63, 3.8) is 0 Å². The number of esters is 1. The highest BCUT2D eigenvalue weighted by Gasteiger charge is 2.77. The van der Waals surface area contributed by atoms with E-state index >= 15 is 4.79 Å². The first-order chi connectivity index (χ1) is 23.5. The van der Waals surface area contributed by atoms with E-state index in [0.29, 0.717) is 31.2 Å². The zero-order chi connectivity index (χ0) is 37.2. The first-order valence-corrected chi connectivity index (χ1v) is 18.7. The molecule has 276 valence electrons. The van der Waals surface area contributed by atoms with Crippen molar-refractivity contribution in [2.24, 2.45) is 17.3 Å². The van der Waals surface area contributed by atoms with Gasteiger partial charge in [-0.05, 0) is 57.4 Å². The molecule has 9 atom stereocenters. The zero-order valence-electron chi connectivity index (χ0n) is 30.7. The minimum atomic E-state index is -1.33. The number of amides is 3. The summed E-state index contributed by atoms with van der Waals surface area (Å²) in [5, 5.41) is 13.5. The number of aliphatic hydroxyl groups excluding tert-OH is 1. The predicted molar refractivity (Wildman–Crippen MR) is 196 cm³/mol. The summed E-state index contributed by atoms with van der Waals surface area (Å²) < 4.78 is 13.0. The Morgan fingerprint density at radius 1 is 1.18 bits per heavy atom. The van der Waals surface area contributed by atoms with Crippen molar-refractivity contribution in [3.8, 4) is 0 Å². The predicted octanol–water partition coefficient (Wildman–Crippen LogP) is 5.49. The van der Waals surface area contributed by atoms with Gasteiger partial charge in [-0.2, -0.15) is 0 Å². The van der Waals surface area contributed by atoms with Crippen LogP contribution in [0.25, 0.3) is 0 Å². The average molecular weight is 759 g/mol. The summed E-state index contributed by atoms with van der Waals surface area (Å²) >= 11 is 3.75. The van der Waals surface area contributed by atoms with E-state index in [1.54, 1.807) is 24.0 Å². The lowest BCUT2D eigenvalue weighted by Crippen LogP contribution is -2.62. The van der Waals surface area contributed by atoms with E-state index in [1.165, 1.54) is 4.90 Å². The monoisotopic (exact) mass is 757 g/mol. The molecule has 2 N–H and O–H groups in total. The molecule has 11 heteroatoms. The normalized spacial score (nSPS) is 27.7. The van der Waals surface area contributed by atoms with Crippen LogP contribution in [0.15, 0.2) is 55.6 Å². The highest BCUT2D eigenvalue weighted by atomic mass is 79.9. The van der Waals surface area contributed by atoms with Crippen LogP contribution in [0.1, 0.15) is 92.2 Å². The summed E-state index contributed by atoms with van der Waals surface area (Å²) in [7, 11) is 0. The topological polar surface area (TPSA) is 125 Å². The molecule has 3 saturated heterocycles. The number of hydrogen-bond donors (Lipinski definition) is 2. The van der Waals surface area contributed by atoms with Crippen LogP contribution in [0, 0.1) is 17.3 Å². The van der Waals surface area contributed by atoms with E-state index in [9.17, 15) is 19.5 Å². The molecular weight excluding hydrogens is 702 g/mol. The number of halogens is 1. The molecule has 3 fully saturated rings. The molecule has 4 rings (SSSR count). The van der Waals surface area contributed by atoms with Gasteiger partial charge in [-0.15, -0.1) is 13.2 Å². The second-order valence-electron chi connectivity index (χ2n) is 15.9. The largest absolute Gasteiger partial charge is 0.455 e. The molecule has 50 heavy (non-hydrogen) atoms. The lowest BCUT2D eigenvalue weighted by Gasteiger charge is -2.46. The number of nitrogens with zero attached hydrogens (tertiary/aromatic N) is 2. The maximum atomic E-state index is 15.0.